The smallest absolute Gasteiger partial charge is 0.312 e. The van der Waals surface area contributed by atoms with Crippen LogP contribution in [0, 0.1) is 0 Å². The van der Waals surface area contributed by atoms with Gasteiger partial charge in [-0.1, -0.05) is 31.5 Å². The summed E-state index contributed by atoms with van der Waals surface area (Å²) in [5.41, 5.74) is 1.21. The van der Waals surface area contributed by atoms with Gasteiger partial charge in [0.25, 0.3) is 0 Å². The second-order valence-electron chi connectivity index (χ2n) is 3.96. The Bertz CT molecular complexity index is 518. The molecule has 0 atom stereocenters. The molecule has 2 rings (SSSR count). The van der Waals surface area contributed by atoms with Crippen molar-refractivity contribution >= 4 is 6.21 Å². The summed E-state index contributed by atoms with van der Waals surface area (Å²) in [6, 6.07) is 9.46. The summed E-state index contributed by atoms with van der Waals surface area (Å²) in [7, 11) is 0. The molecule has 0 aliphatic carbocycles. The quantitative estimate of drug-likeness (QED) is 0.648. The molecule has 0 fully saturated rings. The van der Waals surface area contributed by atoms with Gasteiger partial charge in [0.2, 0.25) is 5.89 Å². The summed E-state index contributed by atoms with van der Waals surface area (Å²) in [6.45, 7) is 2.85. The van der Waals surface area contributed by atoms with E-state index in [2.05, 4.69) is 16.9 Å². The lowest BCUT2D eigenvalue weighted by atomic mass is 10.2. The van der Waals surface area contributed by atoms with Crippen LogP contribution in [-0.4, -0.2) is 22.8 Å². The molecule has 1 N–H and O–H groups in total. The van der Waals surface area contributed by atoms with Crippen LogP contribution in [-0.2, 0) is 0 Å². The fourth-order valence-electron chi connectivity index (χ4n) is 1.51. The zero-order chi connectivity index (χ0) is 12.8. The van der Waals surface area contributed by atoms with Gasteiger partial charge in [0.15, 0.2) is 5.69 Å². The van der Waals surface area contributed by atoms with Crippen molar-refractivity contribution in [2.75, 3.05) is 6.54 Å². The second-order valence-corrected chi connectivity index (χ2v) is 3.96. The molecule has 1 aromatic heterocycles. The van der Waals surface area contributed by atoms with E-state index >= 15 is 0 Å². The molecule has 1 aromatic carbocycles. The van der Waals surface area contributed by atoms with E-state index in [0.717, 1.165) is 24.9 Å². The molecule has 2 aromatic rings. The van der Waals surface area contributed by atoms with E-state index in [-0.39, 0.29) is 5.95 Å². The molecule has 0 radical (unpaired) electrons. The van der Waals surface area contributed by atoms with Crippen LogP contribution in [0.4, 0.5) is 0 Å². The Morgan fingerprint density at radius 1 is 1.33 bits per heavy atom. The van der Waals surface area contributed by atoms with E-state index in [1.165, 1.54) is 0 Å². The average Bonchev–Trinajstić information content (AvgIpc) is 2.77. The zero-order valence-electron chi connectivity index (χ0n) is 10.3. The summed E-state index contributed by atoms with van der Waals surface area (Å²) >= 11 is 0. The van der Waals surface area contributed by atoms with Crippen molar-refractivity contribution in [3.05, 3.63) is 36.0 Å². The Balaban J connectivity index is 2.15. The van der Waals surface area contributed by atoms with Crippen molar-refractivity contribution in [1.82, 2.24) is 4.98 Å². The highest BCUT2D eigenvalue weighted by atomic mass is 16.5. The molecule has 4 nitrogen and oxygen atoms in total. The number of unbranched alkanes of at least 4 members (excludes halogenated alkanes) is 1. The lowest BCUT2D eigenvalue weighted by molar-refractivity contribution is 0.337. The van der Waals surface area contributed by atoms with Gasteiger partial charge in [-0.15, -0.1) is 0 Å². The molecule has 0 saturated heterocycles. The highest BCUT2D eigenvalue weighted by Crippen LogP contribution is 2.24. The molecule has 18 heavy (non-hydrogen) atoms. The van der Waals surface area contributed by atoms with Crippen LogP contribution in [0.3, 0.4) is 0 Å². The molecular formula is C14H16N2O2. The topological polar surface area (TPSA) is 58.6 Å². The van der Waals surface area contributed by atoms with Gasteiger partial charge in [-0.2, -0.15) is 0 Å². The van der Waals surface area contributed by atoms with Gasteiger partial charge in [0, 0.05) is 12.1 Å². The first-order valence-corrected chi connectivity index (χ1v) is 6.06. The molecule has 0 unspecified atom stereocenters. The summed E-state index contributed by atoms with van der Waals surface area (Å²) in [5, 5.41) is 9.63. The fraction of sp³-hybridized carbons (Fsp3) is 0.286. The van der Waals surface area contributed by atoms with Crippen molar-refractivity contribution < 1.29 is 9.52 Å². The lowest BCUT2D eigenvalue weighted by Crippen LogP contribution is -1.85. The van der Waals surface area contributed by atoms with Gasteiger partial charge in [0.1, 0.15) is 0 Å². The van der Waals surface area contributed by atoms with Crippen LogP contribution < -0.4 is 0 Å². The predicted molar refractivity (Wildman–Crippen MR) is 71.0 cm³/mol. The van der Waals surface area contributed by atoms with E-state index in [4.69, 9.17) is 4.42 Å². The first-order valence-electron chi connectivity index (χ1n) is 6.06. The number of aromatic hydroxyl groups is 1. The van der Waals surface area contributed by atoms with Gasteiger partial charge in [0.05, 0.1) is 6.21 Å². The van der Waals surface area contributed by atoms with Gasteiger partial charge in [-0.25, -0.2) is 4.98 Å². The fourth-order valence-corrected chi connectivity index (χ4v) is 1.51. The zero-order valence-corrected chi connectivity index (χ0v) is 10.3. The van der Waals surface area contributed by atoms with Gasteiger partial charge in [-0.3, -0.25) is 4.99 Å². The number of rotatable bonds is 5. The van der Waals surface area contributed by atoms with Crippen molar-refractivity contribution in [2.45, 2.75) is 19.8 Å². The largest absolute Gasteiger partial charge is 0.479 e. The number of hydrogen-bond donors (Lipinski definition) is 1. The molecule has 0 amide bonds. The van der Waals surface area contributed by atoms with Crippen LogP contribution in [0.5, 0.6) is 5.95 Å². The maximum Gasteiger partial charge on any atom is 0.312 e. The van der Waals surface area contributed by atoms with Gasteiger partial charge in [-0.05, 0) is 18.6 Å². The summed E-state index contributed by atoms with van der Waals surface area (Å²) in [5.74, 6) is 0.221. The van der Waals surface area contributed by atoms with Crippen LogP contribution in [0.2, 0.25) is 0 Å². The first kappa shape index (κ1) is 12.4. The normalized spacial score (nSPS) is 11.2. The van der Waals surface area contributed by atoms with Crippen molar-refractivity contribution in [3.63, 3.8) is 0 Å². The molecule has 0 spiro atoms. The van der Waals surface area contributed by atoms with Gasteiger partial charge >= 0.3 is 5.95 Å². The molecule has 0 saturated carbocycles. The number of oxazole rings is 1. The Kier molecular flexibility index (Phi) is 4.12. The van der Waals surface area contributed by atoms with Crippen molar-refractivity contribution in [3.8, 4) is 17.4 Å². The number of aliphatic imine (C=N–C) groups is 1. The van der Waals surface area contributed by atoms with E-state index < -0.39 is 0 Å². The molecular weight excluding hydrogens is 228 g/mol. The molecule has 1 heterocycles. The highest BCUT2D eigenvalue weighted by molar-refractivity contribution is 5.80. The first-order chi connectivity index (χ1) is 8.81. The Morgan fingerprint density at radius 2 is 2.11 bits per heavy atom. The molecule has 0 bridgehead atoms. The molecule has 0 aliphatic rings. The molecule has 94 valence electrons. The Morgan fingerprint density at radius 3 is 2.83 bits per heavy atom. The maximum atomic E-state index is 9.63. The number of benzene rings is 1. The number of hydrogen-bond acceptors (Lipinski definition) is 4. The molecule has 4 heteroatoms. The third kappa shape index (κ3) is 2.97. The monoisotopic (exact) mass is 244 g/mol. The summed E-state index contributed by atoms with van der Waals surface area (Å²) in [6.07, 6.45) is 3.68. The minimum absolute atomic E-state index is 0.186. The van der Waals surface area contributed by atoms with Crippen molar-refractivity contribution in [2.24, 2.45) is 4.99 Å². The van der Waals surface area contributed by atoms with E-state index in [9.17, 15) is 5.11 Å². The maximum absolute atomic E-state index is 9.63. The Hall–Kier alpha value is -2.10. The van der Waals surface area contributed by atoms with Gasteiger partial charge < -0.3 is 9.52 Å². The van der Waals surface area contributed by atoms with Crippen LogP contribution >= 0.6 is 0 Å². The number of nitrogens with zero attached hydrogens (tertiary/aromatic N) is 2. The molecule has 0 aliphatic heterocycles. The standard InChI is InChI=1S/C14H16N2O2/c1-2-3-9-15-10-12-14(17)18-13(16-12)11-7-5-4-6-8-11/h4-8,10,17H,2-3,9H2,1H3. The summed E-state index contributed by atoms with van der Waals surface area (Å²) in [4.78, 5) is 8.40. The van der Waals surface area contributed by atoms with E-state index in [0.29, 0.717) is 11.6 Å². The Labute approximate surface area is 106 Å². The predicted octanol–water partition coefficient (Wildman–Crippen LogP) is 3.27. The highest BCUT2D eigenvalue weighted by Gasteiger charge is 2.11. The van der Waals surface area contributed by atoms with E-state index in [1.54, 1.807) is 6.21 Å². The minimum Gasteiger partial charge on any atom is -0.479 e. The van der Waals surface area contributed by atoms with Crippen LogP contribution in [0.25, 0.3) is 11.5 Å². The average molecular weight is 244 g/mol. The van der Waals surface area contributed by atoms with Crippen molar-refractivity contribution in [1.29, 1.82) is 0 Å². The summed E-state index contributed by atoms with van der Waals surface area (Å²) < 4.78 is 5.21. The van der Waals surface area contributed by atoms with E-state index in [1.807, 2.05) is 30.3 Å². The lowest BCUT2D eigenvalue weighted by Gasteiger charge is -1.91. The SMILES string of the molecule is CCCCN=Cc1nc(-c2ccccc2)oc1O. The van der Waals surface area contributed by atoms with Crippen LogP contribution in [0.15, 0.2) is 39.7 Å². The third-order valence-electron chi connectivity index (χ3n) is 2.51. The minimum atomic E-state index is -0.186. The second kappa shape index (κ2) is 6.00. The number of aromatic nitrogens is 1. The van der Waals surface area contributed by atoms with Crippen LogP contribution in [0.1, 0.15) is 25.5 Å². The third-order valence-corrected chi connectivity index (χ3v) is 2.51.